The maximum Gasteiger partial charge on any atom is 0.330 e. The van der Waals surface area contributed by atoms with Crippen molar-refractivity contribution >= 4 is 11.6 Å². The second-order valence-corrected chi connectivity index (χ2v) is 4.41. The van der Waals surface area contributed by atoms with Crippen molar-refractivity contribution in [2.45, 2.75) is 38.2 Å². The molecule has 1 aliphatic rings. The van der Waals surface area contributed by atoms with Gasteiger partial charge in [0.1, 0.15) is 11.1 Å². The number of nitrogens with zero attached hydrogens (tertiary/aromatic N) is 1. The fourth-order valence-corrected chi connectivity index (χ4v) is 2.05. The molecule has 2 heterocycles. The van der Waals surface area contributed by atoms with Gasteiger partial charge in [0.2, 0.25) is 0 Å². The van der Waals surface area contributed by atoms with Gasteiger partial charge < -0.3 is 9.84 Å². The molecule has 0 aliphatic carbocycles. The van der Waals surface area contributed by atoms with Gasteiger partial charge >= 0.3 is 5.69 Å². The molecule has 0 spiro atoms. The van der Waals surface area contributed by atoms with Crippen molar-refractivity contribution < 1.29 is 9.84 Å². The normalized spacial score (nSPS) is 28.5. The summed E-state index contributed by atoms with van der Waals surface area (Å²) in [6.07, 6.45) is 0.743. The first kappa shape index (κ1) is 12.3. The van der Waals surface area contributed by atoms with Crippen LogP contribution in [0, 0.1) is 0 Å². The monoisotopic (exact) mass is 260 g/mol. The van der Waals surface area contributed by atoms with E-state index in [1.807, 2.05) is 6.92 Å². The van der Waals surface area contributed by atoms with E-state index in [0.717, 1.165) is 11.0 Å². The van der Waals surface area contributed by atoms with Crippen LogP contribution in [0.3, 0.4) is 0 Å². The van der Waals surface area contributed by atoms with Crippen molar-refractivity contribution in [2.24, 2.45) is 0 Å². The van der Waals surface area contributed by atoms with Crippen LogP contribution in [0.5, 0.6) is 0 Å². The minimum Gasteiger partial charge on any atom is -0.388 e. The Hall–Kier alpha value is -1.11. The number of halogens is 1. The van der Waals surface area contributed by atoms with Gasteiger partial charge in [-0.15, -0.1) is 0 Å². The number of ether oxygens (including phenoxy) is 1. The first-order valence-corrected chi connectivity index (χ1v) is 5.75. The molecule has 94 valence electrons. The molecule has 0 bridgehead atoms. The van der Waals surface area contributed by atoms with Crippen LogP contribution < -0.4 is 11.2 Å². The molecule has 0 amide bonds. The lowest BCUT2D eigenvalue weighted by molar-refractivity contribution is -0.0404. The topological polar surface area (TPSA) is 84.3 Å². The molecule has 0 aromatic carbocycles. The average Bonchev–Trinajstić information content (AvgIpc) is 2.65. The van der Waals surface area contributed by atoms with Gasteiger partial charge in [0, 0.05) is 12.6 Å². The minimum atomic E-state index is -0.790. The fourth-order valence-electron chi connectivity index (χ4n) is 1.89. The quantitative estimate of drug-likeness (QED) is 0.798. The number of nitrogens with one attached hydrogen (secondary N) is 1. The van der Waals surface area contributed by atoms with Crippen LogP contribution in [0.15, 0.2) is 15.8 Å². The zero-order chi connectivity index (χ0) is 12.6. The van der Waals surface area contributed by atoms with E-state index in [9.17, 15) is 14.7 Å². The van der Waals surface area contributed by atoms with Crippen molar-refractivity contribution in [3.05, 3.63) is 32.1 Å². The molecule has 0 saturated carbocycles. The summed E-state index contributed by atoms with van der Waals surface area (Å²) < 4.78 is 6.63. The van der Waals surface area contributed by atoms with Crippen molar-refractivity contribution in [3.63, 3.8) is 0 Å². The van der Waals surface area contributed by atoms with Crippen molar-refractivity contribution in [1.29, 1.82) is 0 Å². The smallest absolute Gasteiger partial charge is 0.330 e. The highest BCUT2D eigenvalue weighted by molar-refractivity contribution is 6.30. The summed E-state index contributed by atoms with van der Waals surface area (Å²) in [5, 5.41) is 9.70. The number of aromatic nitrogens is 2. The molecule has 1 aliphatic heterocycles. The van der Waals surface area contributed by atoms with Crippen LogP contribution in [0.2, 0.25) is 5.02 Å². The minimum absolute atomic E-state index is 0.0902. The van der Waals surface area contributed by atoms with Gasteiger partial charge in [-0.25, -0.2) is 4.79 Å². The first-order valence-electron chi connectivity index (χ1n) is 5.37. The Morgan fingerprint density at radius 2 is 2.35 bits per heavy atom. The summed E-state index contributed by atoms with van der Waals surface area (Å²) in [5.74, 6) is 0. The van der Waals surface area contributed by atoms with Crippen LogP contribution >= 0.6 is 11.6 Å². The number of hydrogen-bond donors (Lipinski definition) is 2. The summed E-state index contributed by atoms with van der Waals surface area (Å²) in [6, 6.07) is 0. The lowest BCUT2D eigenvalue weighted by atomic mass is 10.1. The second kappa shape index (κ2) is 4.64. The standard InChI is InChI=1S/C10H13ClN2O4/c1-2-5-3-7(14)9(17-5)13-4-6(11)8(15)12-10(13)16/h4-5,7,9,14H,2-3H2,1H3,(H,12,15,16)/t5-,7-,9-/m1/s1. The lowest BCUT2D eigenvalue weighted by Gasteiger charge is -2.17. The Balaban J connectivity index is 2.38. The van der Waals surface area contributed by atoms with Gasteiger partial charge in [0.25, 0.3) is 5.56 Å². The molecule has 7 heteroatoms. The third kappa shape index (κ3) is 2.29. The number of aliphatic hydroxyl groups is 1. The zero-order valence-electron chi connectivity index (χ0n) is 9.22. The average molecular weight is 261 g/mol. The van der Waals surface area contributed by atoms with Crippen molar-refractivity contribution in [2.75, 3.05) is 0 Å². The third-order valence-electron chi connectivity index (χ3n) is 2.82. The molecular formula is C10H13ClN2O4. The Kier molecular flexibility index (Phi) is 3.37. The van der Waals surface area contributed by atoms with E-state index in [1.165, 1.54) is 6.20 Å². The van der Waals surface area contributed by atoms with E-state index >= 15 is 0 Å². The predicted molar refractivity (Wildman–Crippen MR) is 61.2 cm³/mol. The van der Waals surface area contributed by atoms with E-state index in [0.29, 0.717) is 6.42 Å². The molecule has 1 aromatic heterocycles. The molecule has 1 saturated heterocycles. The Morgan fingerprint density at radius 3 is 2.94 bits per heavy atom. The fraction of sp³-hybridized carbons (Fsp3) is 0.600. The van der Waals surface area contributed by atoms with Gasteiger partial charge in [-0.1, -0.05) is 18.5 Å². The van der Waals surface area contributed by atoms with E-state index < -0.39 is 23.6 Å². The van der Waals surface area contributed by atoms with Crippen LogP contribution in [0.25, 0.3) is 0 Å². The Bertz CT molecular complexity index is 524. The maximum absolute atomic E-state index is 11.6. The number of rotatable bonds is 2. The highest BCUT2D eigenvalue weighted by atomic mass is 35.5. The van der Waals surface area contributed by atoms with Crippen molar-refractivity contribution in [3.8, 4) is 0 Å². The predicted octanol–water partition coefficient (Wildman–Crippen LogP) is 0.248. The highest BCUT2D eigenvalue weighted by Crippen LogP contribution is 2.29. The third-order valence-corrected chi connectivity index (χ3v) is 3.09. The van der Waals surface area contributed by atoms with E-state index in [2.05, 4.69) is 4.98 Å². The van der Waals surface area contributed by atoms with E-state index in [1.54, 1.807) is 0 Å². The number of aliphatic hydroxyl groups excluding tert-OH is 1. The number of hydrogen-bond acceptors (Lipinski definition) is 4. The number of aromatic amines is 1. The second-order valence-electron chi connectivity index (χ2n) is 4.00. The number of H-pyrrole nitrogens is 1. The van der Waals surface area contributed by atoms with Gasteiger partial charge in [-0.3, -0.25) is 14.3 Å². The molecule has 17 heavy (non-hydrogen) atoms. The van der Waals surface area contributed by atoms with Gasteiger partial charge in [0.15, 0.2) is 6.23 Å². The van der Waals surface area contributed by atoms with Crippen LogP contribution in [-0.4, -0.2) is 26.9 Å². The molecule has 6 nitrogen and oxygen atoms in total. The zero-order valence-corrected chi connectivity index (χ0v) is 9.98. The maximum atomic E-state index is 11.6. The lowest BCUT2D eigenvalue weighted by Crippen LogP contribution is -2.35. The highest BCUT2D eigenvalue weighted by Gasteiger charge is 2.34. The largest absolute Gasteiger partial charge is 0.388 e. The molecule has 0 unspecified atom stereocenters. The van der Waals surface area contributed by atoms with Crippen LogP contribution in [0.4, 0.5) is 0 Å². The summed E-state index contributed by atoms with van der Waals surface area (Å²) in [4.78, 5) is 24.7. The molecule has 0 radical (unpaired) electrons. The molecule has 2 rings (SSSR count). The van der Waals surface area contributed by atoms with Crippen LogP contribution in [0.1, 0.15) is 26.0 Å². The Morgan fingerprint density at radius 1 is 1.65 bits per heavy atom. The molecule has 2 N–H and O–H groups in total. The molecule has 3 atom stereocenters. The van der Waals surface area contributed by atoms with Gasteiger partial charge in [-0.05, 0) is 6.42 Å². The Labute approximate surface area is 102 Å². The van der Waals surface area contributed by atoms with E-state index in [-0.39, 0.29) is 11.1 Å². The van der Waals surface area contributed by atoms with Crippen molar-refractivity contribution in [1.82, 2.24) is 9.55 Å². The summed E-state index contributed by atoms with van der Waals surface area (Å²) in [5.41, 5.74) is -1.28. The molecule has 1 fully saturated rings. The summed E-state index contributed by atoms with van der Waals surface area (Å²) >= 11 is 5.64. The molecule has 1 aromatic rings. The summed E-state index contributed by atoms with van der Waals surface area (Å²) in [6.45, 7) is 1.93. The summed E-state index contributed by atoms with van der Waals surface area (Å²) in [7, 11) is 0. The first-order chi connectivity index (χ1) is 8.02. The van der Waals surface area contributed by atoms with Gasteiger partial charge in [0.05, 0.1) is 6.10 Å². The molecular weight excluding hydrogens is 248 g/mol. The van der Waals surface area contributed by atoms with Gasteiger partial charge in [-0.2, -0.15) is 0 Å². The van der Waals surface area contributed by atoms with E-state index in [4.69, 9.17) is 16.3 Å². The SMILES string of the molecule is CC[C@@H]1C[C@@H](O)[C@H](n2cc(Cl)c(=O)[nH]c2=O)O1. The van der Waals surface area contributed by atoms with Crippen LogP contribution in [-0.2, 0) is 4.74 Å².